The van der Waals surface area contributed by atoms with Gasteiger partial charge in [0.25, 0.3) is 0 Å². The van der Waals surface area contributed by atoms with Crippen LogP contribution in [-0.2, 0) is 4.74 Å². The zero-order valence-electron chi connectivity index (χ0n) is 13.0. The van der Waals surface area contributed by atoms with Crippen LogP contribution in [0.1, 0.15) is 66.7 Å². The van der Waals surface area contributed by atoms with Crippen molar-refractivity contribution < 1.29 is 14.6 Å². The van der Waals surface area contributed by atoms with Gasteiger partial charge >= 0.3 is 6.09 Å². The quantitative estimate of drug-likeness (QED) is 0.828. The maximum Gasteiger partial charge on any atom is 0.407 e. The van der Waals surface area contributed by atoms with Crippen LogP contribution in [0.4, 0.5) is 4.79 Å². The summed E-state index contributed by atoms with van der Waals surface area (Å²) in [5.41, 5.74) is -1.44. The minimum Gasteiger partial charge on any atom is -0.444 e. The highest BCUT2D eigenvalue weighted by atomic mass is 16.6. The summed E-state index contributed by atoms with van der Waals surface area (Å²) in [6.45, 7) is 9.03. The van der Waals surface area contributed by atoms with E-state index in [1.165, 1.54) is 19.3 Å². The molecule has 0 bridgehead atoms. The largest absolute Gasteiger partial charge is 0.444 e. The highest BCUT2D eigenvalue weighted by Crippen LogP contribution is 2.31. The maximum atomic E-state index is 11.9. The van der Waals surface area contributed by atoms with Crippen molar-refractivity contribution in [2.45, 2.75) is 84.0 Å². The third-order valence-corrected chi connectivity index (χ3v) is 3.55. The molecule has 0 aromatic heterocycles. The summed E-state index contributed by atoms with van der Waals surface area (Å²) in [5, 5.41) is 13.2. The third kappa shape index (κ3) is 5.81. The van der Waals surface area contributed by atoms with Gasteiger partial charge in [0.15, 0.2) is 0 Å². The monoisotopic (exact) mass is 271 g/mol. The van der Waals surface area contributed by atoms with E-state index in [1.807, 2.05) is 20.8 Å². The smallest absolute Gasteiger partial charge is 0.407 e. The Balaban J connectivity index is 2.67. The molecule has 4 nitrogen and oxygen atoms in total. The number of alkyl carbamates (subject to hydrolysis) is 1. The summed E-state index contributed by atoms with van der Waals surface area (Å²) in [6, 6.07) is -0.248. The SMILES string of the molecule is CC(C)(C)OC(=O)N[C@@H](C1CCCCC1)C(C)(C)O. The summed E-state index contributed by atoms with van der Waals surface area (Å²) in [7, 11) is 0. The lowest BCUT2D eigenvalue weighted by atomic mass is 9.78. The molecule has 0 unspecified atom stereocenters. The van der Waals surface area contributed by atoms with Crippen LogP contribution in [0.25, 0.3) is 0 Å². The Morgan fingerprint density at radius 3 is 2.11 bits per heavy atom. The van der Waals surface area contributed by atoms with Crippen molar-refractivity contribution in [3.63, 3.8) is 0 Å². The van der Waals surface area contributed by atoms with E-state index in [1.54, 1.807) is 13.8 Å². The van der Waals surface area contributed by atoms with Gasteiger partial charge in [-0.3, -0.25) is 0 Å². The molecule has 0 aromatic carbocycles. The van der Waals surface area contributed by atoms with Crippen molar-refractivity contribution in [3.8, 4) is 0 Å². The fraction of sp³-hybridized carbons (Fsp3) is 0.933. The molecule has 2 N–H and O–H groups in total. The molecule has 1 fully saturated rings. The fourth-order valence-electron chi connectivity index (χ4n) is 2.77. The first-order valence-corrected chi connectivity index (χ1v) is 7.31. The number of rotatable bonds is 3. The number of carbonyl (C=O) groups excluding carboxylic acids is 1. The highest BCUT2D eigenvalue weighted by molar-refractivity contribution is 5.68. The van der Waals surface area contributed by atoms with Crippen LogP contribution in [0, 0.1) is 5.92 Å². The van der Waals surface area contributed by atoms with Gasteiger partial charge < -0.3 is 15.2 Å². The second-order valence-electron chi connectivity index (χ2n) is 7.18. The van der Waals surface area contributed by atoms with E-state index in [0.29, 0.717) is 5.92 Å². The number of ether oxygens (including phenoxy) is 1. The molecule has 1 atom stereocenters. The molecular formula is C15H29NO3. The first-order valence-electron chi connectivity index (χ1n) is 7.31. The standard InChI is InChI=1S/C15H29NO3/c1-14(2,3)19-13(17)16-12(15(4,5)18)11-9-7-6-8-10-11/h11-12,18H,6-10H2,1-5H3,(H,16,17)/t12-/m0/s1. The van der Waals surface area contributed by atoms with Crippen molar-refractivity contribution in [3.05, 3.63) is 0 Å². The van der Waals surface area contributed by atoms with Gasteiger partial charge in [-0.15, -0.1) is 0 Å². The molecule has 0 radical (unpaired) electrons. The number of nitrogens with one attached hydrogen (secondary N) is 1. The Bertz CT molecular complexity index is 295. The molecule has 1 amide bonds. The van der Waals surface area contributed by atoms with Gasteiger partial charge in [-0.25, -0.2) is 4.79 Å². The van der Waals surface area contributed by atoms with Crippen molar-refractivity contribution >= 4 is 6.09 Å². The molecule has 0 aromatic rings. The van der Waals surface area contributed by atoms with Crippen LogP contribution in [0.15, 0.2) is 0 Å². The Hall–Kier alpha value is -0.770. The topological polar surface area (TPSA) is 58.6 Å². The molecule has 1 rings (SSSR count). The number of amides is 1. The summed E-state index contributed by atoms with van der Waals surface area (Å²) in [5.74, 6) is 0.335. The van der Waals surface area contributed by atoms with E-state index >= 15 is 0 Å². The Labute approximate surface area is 116 Å². The lowest BCUT2D eigenvalue weighted by Crippen LogP contribution is -2.54. The predicted octanol–water partition coefficient (Wildman–Crippen LogP) is 3.23. The molecule has 1 saturated carbocycles. The Kier molecular flexibility index (Phi) is 5.25. The van der Waals surface area contributed by atoms with Gasteiger partial charge in [0.05, 0.1) is 11.6 Å². The van der Waals surface area contributed by atoms with E-state index in [0.717, 1.165) is 12.8 Å². The van der Waals surface area contributed by atoms with Gasteiger partial charge in [0.2, 0.25) is 0 Å². The minimum absolute atomic E-state index is 0.248. The Morgan fingerprint density at radius 2 is 1.68 bits per heavy atom. The van der Waals surface area contributed by atoms with Gasteiger partial charge in [0.1, 0.15) is 5.60 Å². The maximum absolute atomic E-state index is 11.9. The molecule has 0 saturated heterocycles. The number of hydrogen-bond donors (Lipinski definition) is 2. The summed E-state index contributed by atoms with van der Waals surface area (Å²) in [4.78, 5) is 11.9. The first-order chi connectivity index (χ1) is 8.59. The predicted molar refractivity (Wildman–Crippen MR) is 76.0 cm³/mol. The molecule has 0 spiro atoms. The zero-order chi connectivity index (χ0) is 14.7. The van der Waals surface area contributed by atoms with Crippen LogP contribution in [0.2, 0.25) is 0 Å². The van der Waals surface area contributed by atoms with Crippen LogP contribution >= 0.6 is 0 Å². The molecule has 1 aliphatic rings. The average molecular weight is 271 g/mol. The van der Waals surface area contributed by atoms with Gasteiger partial charge in [0, 0.05) is 0 Å². The van der Waals surface area contributed by atoms with Crippen LogP contribution in [0.5, 0.6) is 0 Å². The van der Waals surface area contributed by atoms with Crippen molar-refractivity contribution in [2.24, 2.45) is 5.92 Å². The normalized spacial score (nSPS) is 19.9. The van der Waals surface area contributed by atoms with E-state index in [4.69, 9.17) is 4.74 Å². The molecule has 0 aliphatic heterocycles. The van der Waals surface area contributed by atoms with Crippen molar-refractivity contribution in [1.82, 2.24) is 5.32 Å². The zero-order valence-corrected chi connectivity index (χ0v) is 13.0. The van der Waals surface area contributed by atoms with E-state index in [9.17, 15) is 9.90 Å². The fourth-order valence-corrected chi connectivity index (χ4v) is 2.77. The molecule has 112 valence electrons. The molecule has 4 heteroatoms. The Morgan fingerprint density at radius 1 is 1.16 bits per heavy atom. The van der Waals surface area contributed by atoms with E-state index in [2.05, 4.69) is 5.32 Å². The molecule has 1 aliphatic carbocycles. The number of hydrogen-bond acceptors (Lipinski definition) is 3. The molecule has 19 heavy (non-hydrogen) atoms. The molecule has 0 heterocycles. The highest BCUT2D eigenvalue weighted by Gasteiger charge is 2.36. The number of aliphatic hydroxyl groups is 1. The minimum atomic E-state index is -0.932. The van der Waals surface area contributed by atoms with Crippen molar-refractivity contribution in [1.29, 1.82) is 0 Å². The van der Waals surface area contributed by atoms with Crippen LogP contribution in [0.3, 0.4) is 0 Å². The average Bonchev–Trinajstić information content (AvgIpc) is 2.23. The van der Waals surface area contributed by atoms with Gasteiger partial charge in [-0.2, -0.15) is 0 Å². The first kappa shape index (κ1) is 16.3. The van der Waals surface area contributed by atoms with Gasteiger partial charge in [-0.1, -0.05) is 19.3 Å². The summed E-state index contributed by atoms with van der Waals surface area (Å²) in [6.07, 6.45) is 5.28. The molecular weight excluding hydrogens is 242 g/mol. The summed E-state index contributed by atoms with van der Waals surface area (Å²) >= 11 is 0. The van der Waals surface area contributed by atoms with E-state index < -0.39 is 17.3 Å². The summed E-state index contributed by atoms with van der Waals surface area (Å²) < 4.78 is 5.29. The lowest BCUT2D eigenvalue weighted by molar-refractivity contribution is -0.00533. The van der Waals surface area contributed by atoms with Gasteiger partial charge in [-0.05, 0) is 53.4 Å². The second kappa shape index (κ2) is 6.12. The van der Waals surface area contributed by atoms with Crippen LogP contribution in [-0.4, -0.2) is 28.4 Å². The van der Waals surface area contributed by atoms with Crippen molar-refractivity contribution in [2.75, 3.05) is 0 Å². The third-order valence-electron chi connectivity index (χ3n) is 3.55. The van der Waals surface area contributed by atoms with E-state index in [-0.39, 0.29) is 6.04 Å². The lowest BCUT2D eigenvalue weighted by Gasteiger charge is -2.38. The van der Waals surface area contributed by atoms with Crippen LogP contribution < -0.4 is 5.32 Å². The number of carbonyl (C=O) groups is 1. The second-order valence-corrected chi connectivity index (χ2v) is 7.18.